The zero-order valence-electron chi connectivity index (χ0n) is 8.01. The maximum absolute atomic E-state index is 10.6. The van der Waals surface area contributed by atoms with Gasteiger partial charge in [0.1, 0.15) is 0 Å². The Kier molecular flexibility index (Phi) is 4.70. The largest absolute Gasteiger partial charge is 0.478 e. The fourth-order valence-corrected chi connectivity index (χ4v) is 1.84. The van der Waals surface area contributed by atoms with E-state index in [0.29, 0.717) is 6.54 Å². The van der Waals surface area contributed by atoms with Gasteiger partial charge in [0.2, 0.25) is 0 Å². The standard InChI is InChI=1S/C9H13NO4S/c11-4-7(12)2-10-3-8-1-6(5-15-8)9(13)14/h1,5,7,10-12H,2-4H2,(H,13,14). The highest BCUT2D eigenvalue weighted by Gasteiger charge is 2.06. The van der Waals surface area contributed by atoms with Gasteiger partial charge in [0, 0.05) is 23.3 Å². The lowest BCUT2D eigenvalue weighted by molar-refractivity contribution is 0.0697. The quantitative estimate of drug-likeness (QED) is 0.548. The smallest absolute Gasteiger partial charge is 0.336 e. The van der Waals surface area contributed by atoms with Crippen LogP contribution in [0.4, 0.5) is 0 Å². The number of nitrogens with one attached hydrogen (secondary N) is 1. The number of rotatable bonds is 6. The average Bonchev–Trinajstić information content (AvgIpc) is 2.66. The van der Waals surface area contributed by atoms with Gasteiger partial charge in [0.05, 0.1) is 18.3 Å². The lowest BCUT2D eigenvalue weighted by atomic mass is 10.3. The first-order valence-electron chi connectivity index (χ1n) is 4.44. The molecule has 0 aliphatic heterocycles. The Hall–Kier alpha value is -0.950. The third-order valence-electron chi connectivity index (χ3n) is 1.79. The second-order valence-corrected chi connectivity index (χ2v) is 4.07. The molecule has 0 spiro atoms. The van der Waals surface area contributed by atoms with E-state index in [0.717, 1.165) is 4.88 Å². The summed E-state index contributed by atoms with van der Waals surface area (Å²) in [7, 11) is 0. The monoisotopic (exact) mass is 231 g/mol. The van der Waals surface area contributed by atoms with Gasteiger partial charge in [-0.2, -0.15) is 0 Å². The van der Waals surface area contributed by atoms with Gasteiger partial charge in [0.25, 0.3) is 0 Å². The molecule has 1 atom stereocenters. The van der Waals surface area contributed by atoms with Crippen LogP contribution in [0.15, 0.2) is 11.4 Å². The molecule has 1 aromatic rings. The highest BCUT2D eigenvalue weighted by Crippen LogP contribution is 2.14. The number of carboxylic acids is 1. The average molecular weight is 231 g/mol. The second kappa shape index (κ2) is 5.82. The summed E-state index contributed by atoms with van der Waals surface area (Å²) in [4.78, 5) is 11.4. The molecule has 0 radical (unpaired) electrons. The summed E-state index contributed by atoms with van der Waals surface area (Å²) in [6, 6.07) is 1.59. The summed E-state index contributed by atoms with van der Waals surface area (Å²) in [5, 5.41) is 30.7. The van der Waals surface area contributed by atoms with Crippen LogP contribution in [-0.2, 0) is 6.54 Å². The predicted octanol–water partition coefficient (Wildman–Crippen LogP) is -0.111. The summed E-state index contributed by atoms with van der Waals surface area (Å²) in [5.74, 6) is -0.937. The van der Waals surface area contributed by atoms with E-state index < -0.39 is 12.1 Å². The molecule has 0 aliphatic rings. The van der Waals surface area contributed by atoms with Gasteiger partial charge in [-0.3, -0.25) is 0 Å². The second-order valence-electron chi connectivity index (χ2n) is 3.07. The summed E-state index contributed by atoms with van der Waals surface area (Å²) in [6.45, 7) is 0.504. The Morgan fingerprint density at radius 2 is 2.33 bits per heavy atom. The SMILES string of the molecule is O=C(O)c1csc(CNCC(O)CO)c1. The first kappa shape index (κ1) is 12.1. The molecule has 5 nitrogen and oxygen atoms in total. The molecule has 0 bridgehead atoms. The number of thiophene rings is 1. The zero-order chi connectivity index (χ0) is 11.3. The topological polar surface area (TPSA) is 89.8 Å². The van der Waals surface area contributed by atoms with Crippen LogP contribution in [0.25, 0.3) is 0 Å². The fourth-order valence-electron chi connectivity index (χ4n) is 1.01. The van der Waals surface area contributed by atoms with Gasteiger partial charge in [0.15, 0.2) is 0 Å². The van der Waals surface area contributed by atoms with Crippen molar-refractivity contribution in [1.82, 2.24) is 5.32 Å². The minimum absolute atomic E-state index is 0.277. The van der Waals surface area contributed by atoms with E-state index in [-0.39, 0.29) is 18.7 Å². The first-order chi connectivity index (χ1) is 7.13. The van der Waals surface area contributed by atoms with Crippen molar-refractivity contribution in [3.05, 3.63) is 21.9 Å². The minimum Gasteiger partial charge on any atom is -0.478 e. The normalized spacial score (nSPS) is 12.7. The Morgan fingerprint density at radius 1 is 1.60 bits per heavy atom. The van der Waals surface area contributed by atoms with Crippen molar-refractivity contribution in [2.24, 2.45) is 0 Å². The van der Waals surface area contributed by atoms with E-state index in [9.17, 15) is 4.79 Å². The first-order valence-corrected chi connectivity index (χ1v) is 5.31. The maximum Gasteiger partial charge on any atom is 0.336 e. The van der Waals surface area contributed by atoms with Crippen molar-refractivity contribution in [2.45, 2.75) is 12.6 Å². The van der Waals surface area contributed by atoms with Crippen LogP contribution in [0.1, 0.15) is 15.2 Å². The van der Waals surface area contributed by atoms with Gasteiger partial charge >= 0.3 is 5.97 Å². The molecule has 0 aliphatic carbocycles. The van der Waals surface area contributed by atoms with Crippen molar-refractivity contribution in [3.8, 4) is 0 Å². The number of hydrogen-bond acceptors (Lipinski definition) is 5. The van der Waals surface area contributed by atoms with Gasteiger partial charge in [-0.15, -0.1) is 11.3 Å². The molecule has 6 heteroatoms. The molecule has 1 rings (SSSR count). The Morgan fingerprint density at radius 3 is 2.87 bits per heavy atom. The van der Waals surface area contributed by atoms with E-state index in [4.69, 9.17) is 15.3 Å². The molecular formula is C9H13NO4S. The lowest BCUT2D eigenvalue weighted by Crippen LogP contribution is -2.28. The molecule has 84 valence electrons. The Balaban J connectivity index is 2.35. The number of aliphatic hydroxyl groups is 2. The van der Waals surface area contributed by atoms with Crippen LogP contribution in [0.5, 0.6) is 0 Å². The summed E-state index contributed by atoms with van der Waals surface area (Å²) < 4.78 is 0. The van der Waals surface area contributed by atoms with Gasteiger partial charge in [-0.25, -0.2) is 4.79 Å². The number of carbonyl (C=O) groups is 1. The van der Waals surface area contributed by atoms with E-state index in [2.05, 4.69) is 5.32 Å². The highest BCUT2D eigenvalue weighted by molar-refractivity contribution is 7.10. The molecule has 1 aromatic heterocycles. The third-order valence-corrected chi connectivity index (χ3v) is 2.73. The van der Waals surface area contributed by atoms with Crippen molar-refractivity contribution >= 4 is 17.3 Å². The lowest BCUT2D eigenvalue weighted by Gasteiger charge is -2.07. The van der Waals surface area contributed by atoms with Gasteiger partial charge in [-0.05, 0) is 6.07 Å². The number of carboxylic acid groups (broad SMARTS) is 1. The van der Waals surface area contributed by atoms with Crippen LogP contribution < -0.4 is 5.32 Å². The van der Waals surface area contributed by atoms with E-state index in [1.54, 1.807) is 11.4 Å². The van der Waals surface area contributed by atoms with Crippen LogP contribution in [-0.4, -0.2) is 40.5 Å². The number of aliphatic hydroxyl groups excluding tert-OH is 2. The zero-order valence-corrected chi connectivity index (χ0v) is 8.83. The number of hydrogen-bond donors (Lipinski definition) is 4. The summed E-state index contributed by atoms with van der Waals surface area (Å²) >= 11 is 1.35. The Bertz CT molecular complexity index is 326. The predicted molar refractivity (Wildman–Crippen MR) is 56.1 cm³/mol. The molecule has 4 N–H and O–H groups in total. The molecule has 1 heterocycles. The molecule has 0 aromatic carbocycles. The summed E-state index contributed by atoms with van der Waals surface area (Å²) in [6.07, 6.45) is -0.774. The fraction of sp³-hybridized carbons (Fsp3) is 0.444. The van der Waals surface area contributed by atoms with Gasteiger partial charge < -0.3 is 20.6 Å². The molecule has 0 saturated carbocycles. The van der Waals surface area contributed by atoms with Crippen LogP contribution >= 0.6 is 11.3 Å². The highest BCUT2D eigenvalue weighted by atomic mass is 32.1. The number of aromatic carboxylic acids is 1. The maximum atomic E-state index is 10.6. The van der Waals surface area contributed by atoms with E-state index in [1.165, 1.54) is 11.3 Å². The molecule has 1 unspecified atom stereocenters. The van der Waals surface area contributed by atoms with Crippen molar-refractivity contribution < 1.29 is 20.1 Å². The van der Waals surface area contributed by atoms with Crippen LogP contribution in [0.2, 0.25) is 0 Å². The third kappa shape index (κ3) is 3.96. The van der Waals surface area contributed by atoms with E-state index in [1.807, 2.05) is 0 Å². The molecule has 0 fully saturated rings. The van der Waals surface area contributed by atoms with Gasteiger partial charge in [-0.1, -0.05) is 0 Å². The van der Waals surface area contributed by atoms with Crippen LogP contribution in [0.3, 0.4) is 0 Å². The van der Waals surface area contributed by atoms with Crippen molar-refractivity contribution in [1.29, 1.82) is 0 Å². The van der Waals surface area contributed by atoms with Crippen LogP contribution in [0, 0.1) is 0 Å². The molecular weight excluding hydrogens is 218 g/mol. The molecule has 0 amide bonds. The minimum atomic E-state index is -0.937. The van der Waals surface area contributed by atoms with E-state index >= 15 is 0 Å². The summed E-state index contributed by atoms with van der Waals surface area (Å²) in [5.41, 5.74) is 0.277. The molecule has 15 heavy (non-hydrogen) atoms. The molecule has 0 saturated heterocycles. The Labute approximate surface area is 91.0 Å². The van der Waals surface area contributed by atoms with Crippen molar-refractivity contribution in [2.75, 3.05) is 13.2 Å². The van der Waals surface area contributed by atoms with Crippen molar-refractivity contribution in [3.63, 3.8) is 0 Å².